The number of aryl methyl sites for hydroxylation is 3. The van der Waals surface area contributed by atoms with Crippen molar-refractivity contribution in [2.75, 3.05) is 6.54 Å². The molecule has 0 saturated heterocycles. The SMILES string of the molecule is O=C(NCCCn1ccnc1)c1cc2c(s1)CCCCCC2. The van der Waals surface area contributed by atoms with Gasteiger partial charge in [0.05, 0.1) is 11.2 Å². The van der Waals surface area contributed by atoms with Gasteiger partial charge in [0.25, 0.3) is 5.91 Å². The average molecular weight is 317 g/mol. The van der Waals surface area contributed by atoms with Crippen molar-refractivity contribution in [3.8, 4) is 0 Å². The third-order valence-electron chi connectivity index (χ3n) is 4.16. The number of rotatable bonds is 5. The minimum atomic E-state index is 0.0855. The Hall–Kier alpha value is -1.62. The van der Waals surface area contributed by atoms with Crippen LogP contribution in [-0.4, -0.2) is 22.0 Å². The molecule has 2 aromatic rings. The first kappa shape index (κ1) is 15.3. The lowest BCUT2D eigenvalue weighted by Crippen LogP contribution is -2.24. The summed E-state index contributed by atoms with van der Waals surface area (Å²) in [5, 5.41) is 3.04. The Kier molecular flexibility index (Phi) is 5.27. The van der Waals surface area contributed by atoms with Crippen LogP contribution in [0.4, 0.5) is 0 Å². The van der Waals surface area contributed by atoms with E-state index >= 15 is 0 Å². The lowest BCUT2D eigenvalue weighted by Gasteiger charge is -2.07. The van der Waals surface area contributed by atoms with E-state index in [0.717, 1.165) is 30.7 Å². The molecule has 0 aliphatic heterocycles. The van der Waals surface area contributed by atoms with E-state index in [1.165, 1.54) is 36.1 Å². The van der Waals surface area contributed by atoms with Crippen molar-refractivity contribution in [1.82, 2.24) is 14.9 Å². The molecule has 4 nitrogen and oxygen atoms in total. The zero-order chi connectivity index (χ0) is 15.2. The lowest BCUT2D eigenvalue weighted by molar-refractivity contribution is 0.0956. The Bertz CT molecular complexity index is 578. The van der Waals surface area contributed by atoms with E-state index in [2.05, 4.69) is 16.4 Å². The second-order valence-electron chi connectivity index (χ2n) is 5.88. The minimum Gasteiger partial charge on any atom is -0.351 e. The second kappa shape index (κ2) is 7.58. The van der Waals surface area contributed by atoms with Gasteiger partial charge in [-0.2, -0.15) is 0 Å². The van der Waals surface area contributed by atoms with Crippen LogP contribution in [0.3, 0.4) is 0 Å². The highest BCUT2D eigenvalue weighted by molar-refractivity contribution is 7.14. The third kappa shape index (κ3) is 3.97. The van der Waals surface area contributed by atoms with Crippen LogP contribution in [0.15, 0.2) is 24.8 Å². The third-order valence-corrected chi connectivity index (χ3v) is 5.39. The van der Waals surface area contributed by atoms with Gasteiger partial charge in [-0.05, 0) is 43.7 Å². The normalized spacial score (nSPS) is 14.9. The first-order chi connectivity index (χ1) is 10.8. The van der Waals surface area contributed by atoms with E-state index in [0.29, 0.717) is 6.54 Å². The summed E-state index contributed by atoms with van der Waals surface area (Å²) in [6.07, 6.45) is 13.9. The van der Waals surface area contributed by atoms with Crippen LogP contribution >= 0.6 is 11.3 Å². The molecule has 2 heterocycles. The van der Waals surface area contributed by atoms with Gasteiger partial charge in [0.1, 0.15) is 0 Å². The summed E-state index contributed by atoms with van der Waals surface area (Å²) in [6, 6.07) is 2.12. The number of carbonyl (C=O) groups is 1. The van der Waals surface area contributed by atoms with Crippen LogP contribution in [0, 0.1) is 0 Å². The molecule has 1 aliphatic rings. The molecule has 0 aromatic carbocycles. The van der Waals surface area contributed by atoms with Crippen LogP contribution in [0.5, 0.6) is 0 Å². The fraction of sp³-hybridized carbons (Fsp3) is 0.529. The number of nitrogens with zero attached hydrogens (tertiary/aromatic N) is 2. The second-order valence-corrected chi connectivity index (χ2v) is 7.02. The molecular weight excluding hydrogens is 294 g/mol. The summed E-state index contributed by atoms with van der Waals surface area (Å²) in [5.74, 6) is 0.0855. The Balaban J connectivity index is 1.50. The van der Waals surface area contributed by atoms with Crippen LogP contribution in [0.1, 0.15) is 52.2 Å². The fourth-order valence-electron chi connectivity index (χ4n) is 2.93. The molecule has 1 aliphatic carbocycles. The smallest absolute Gasteiger partial charge is 0.261 e. The molecule has 3 rings (SSSR count). The highest BCUT2D eigenvalue weighted by Crippen LogP contribution is 2.28. The van der Waals surface area contributed by atoms with Gasteiger partial charge in [0.2, 0.25) is 0 Å². The average Bonchev–Trinajstić information content (AvgIpc) is 3.13. The summed E-state index contributed by atoms with van der Waals surface area (Å²) < 4.78 is 2.03. The number of carbonyl (C=O) groups excluding carboxylic acids is 1. The van der Waals surface area contributed by atoms with Crippen LogP contribution in [0.2, 0.25) is 0 Å². The maximum Gasteiger partial charge on any atom is 0.261 e. The van der Waals surface area contributed by atoms with Crippen LogP contribution in [0.25, 0.3) is 0 Å². The number of fused-ring (bicyclic) bond motifs is 1. The molecule has 22 heavy (non-hydrogen) atoms. The summed E-state index contributed by atoms with van der Waals surface area (Å²) in [6.45, 7) is 1.60. The van der Waals surface area contributed by atoms with Crippen molar-refractivity contribution in [2.24, 2.45) is 0 Å². The molecule has 1 N–H and O–H groups in total. The summed E-state index contributed by atoms with van der Waals surface area (Å²) in [4.78, 5) is 18.6. The first-order valence-electron chi connectivity index (χ1n) is 8.18. The molecule has 0 atom stereocenters. The van der Waals surface area contributed by atoms with Gasteiger partial charge >= 0.3 is 0 Å². The van der Waals surface area contributed by atoms with E-state index in [-0.39, 0.29) is 5.91 Å². The number of amides is 1. The molecule has 0 spiro atoms. The Labute approximate surface area is 135 Å². The van der Waals surface area contributed by atoms with Crippen molar-refractivity contribution < 1.29 is 4.79 Å². The summed E-state index contributed by atoms with van der Waals surface area (Å²) >= 11 is 1.69. The molecule has 0 radical (unpaired) electrons. The first-order valence-corrected chi connectivity index (χ1v) is 9.00. The molecule has 5 heteroatoms. The van der Waals surface area contributed by atoms with Crippen molar-refractivity contribution in [2.45, 2.75) is 51.5 Å². The monoisotopic (exact) mass is 317 g/mol. The van der Waals surface area contributed by atoms with Gasteiger partial charge in [-0.15, -0.1) is 11.3 Å². The molecule has 0 unspecified atom stereocenters. The zero-order valence-electron chi connectivity index (χ0n) is 12.9. The Morgan fingerprint density at radius 2 is 2.14 bits per heavy atom. The maximum atomic E-state index is 12.3. The van der Waals surface area contributed by atoms with E-state index in [9.17, 15) is 4.79 Å². The number of aromatic nitrogens is 2. The number of thiophene rings is 1. The van der Waals surface area contributed by atoms with Crippen molar-refractivity contribution in [1.29, 1.82) is 0 Å². The number of hydrogen-bond acceptors (Lipinski definition) is 3. The van der Waals surface area contributed by atoms with E-state index < -0.39 is 0 Å². The summed E-state index contributed by atoms with van der Waals surface area (Å²) in [5.41, 5.74) is 1.41. The molecule has 0 fully saturated rings. The predicted molar refractivity (Wildman–Crippen MR) is 89.4 cm³/mol. The van der Waals surface area contributed by atoms with Gasteiger partial charge in [-0.3, -0.25) is 4.79 Å². The highest BCUT2D eigenvalue weighted by Gasteiger charge is 2.15. The zero-order valence-corrected chi connectivity index (χ0v) is 13.7. The van der Waals surface area contributed by atoms with Gasteiger partial charge < -0.3 is 9.88 Å². The quantitative estimate of drug-likeness (QED) is 0.859. The van der Waals surface area contributed by atoms with E-state index in [1.54, 1.807) is 23.9 Å². The van der Waals surface area contributed by atoms with E-state index in [1.807, 2.05) is 10.8 Å². The van der Waals surface area contributed by atoms with Crippen molar-refractivity contribution in [3.63, 3.8) is 0 Å². The van der Waals surface area contributed by atoms with Crippen LogP contribution < -0.4 is 5.32 Å². The number of hydrogen-bond donors (Lipinski definition) is 1. The van der Waals surface area contributed by atoms with Crippen LogP contribution in [-0.2, 0) is 19.4 Å². The maximum absolute atomic E-state index is 12.3. The van der Waals surface area contributed by atoms with Crippen molar-refractivity contribution >= 4 is 17.2 Å². The lowest BCUT2D eigenvalue weighted by atomic mass is 10.00. The molecule has 2 aromatic heterocycles. The molecule has 118 valence electrons. The fourth-order valence-corrected chi connectivity index (χ4v) is 4.10. The molecular formula is C17H23N3OS. The standard InChI is InChI=1S/C17H23N3OS/c21-17(19-8-5-10-20-11-9-18-13-20)16-12-14-6-3-1-2-4-7-15(14)22-16/h9,11-13H,1-8,10H2,(H,19,21). The predicted octanol–water partition coefficient (Wildman–Crippen LogP) is 3.42. The summed E-state index contributed by atoms with van der Waals surface area (Å²) in [7, 11) is 0. The van der Waals surface area contributed by atoms with E-state index in [4.69, 9.17) is 0 Å². The number of nitrogens with one attached hydrogen (secondary N) is 1. The van der Waals surface area contributed by atoms with Gasteiger partial charge in [0, 0.05) is 30.4 Å². The van der Waals surface area contributed by atoms with Gasteiger partial charge in [-0.1, -0.05) is 12.8 Å². The molecule has 1 amide bonds. The Morgan fingerprint density at radius 3 is 2.95 bits per heavy atom. The van der Waals surface area contributed by atoms with Gasteiger partial charge in [-0.25, -0.2) is 4.98 Å². The molecule has 0 saturated carbocycles. The largest absolute Gasteiger partial charge is 0.351 e. The highest BCUT2D eigenvalue weighted by atomic mass is 32.1. The Morgan fingerprint density at radius 1 is 1.27 bits per heavy atom. The topological polar surface area (TPSA) is 46.9 Å². The number of imidazole rings is 1. The molecule has 0 bridgehead atoms. The van der Waals surface area contributed by atoms with Gasteiger partial charge in [0.15, 0.2) is 0 Å². The van der Waals surface area contributed by atoms with Crippen molar-refractivity contribution in [3.05, 3.63) is 40.1 Å². The minimum absolute atomic E-state index is 0.0855.